The van der Waals surface area contributed by atoms with Crippen molar-refractivity contribution in [3.63, 3.8) is 0 Å². The second-order valence-electron chi connectivity index (χ2n) is 6.30. The van der Waals surface area contributed by atoms with Crippen molar-refractivity contribution in [1.82, 2.24) is 14.7 Å². The molecule has 1 aliphatic heterocycles. The van der Waals surface area contributed by atoms with Crippen LogP contribution >= 0.6 is 11.6 Å². The summed E-state index contributed by atoms with van der Waals surface area (Å²) in [7, 11) is 1.84. The van der Waals surface area contributed by atoms with Crippen LogP contribution in [0.3, 0.4) is 0 Å². The number of aryl methyl sites for hydroxylation is 1. The molecular weight excluding hydrogens is 340 g/mol. The number of halogens is 1. The van der Waals surface area contributed by atoms with E-state index in [1.54, 1.807) is 40.0 Å². The Hall–Kier alpha value is -2.34. The Morgan fingerprint density at radius 1 is 1.24 bits per heavy atom. The molecule has 0 spiro atoms. The Bertz CT molecular complexity index is 794. The smallest absolute Gasteiger partial charge is 0.255 e. The second kappa shape index (κ2) is 7.27. The third-order valence-electron chi connectivity index (χ3n) is 4.75. The maximum atomic E-state index is 12.6. The minimum Gasteiger partial charge on any atom is -0.339 e. The highest BCUT2D eigenvalue weighted by Gasteiger charge is 2.28. The van der Waals surface area contributed by atoms with E-state index in [1.165, 1.54) is 0 Å². The predicted molar refractivity (Wildman–Crippen MR) is 96.7 cm³/mol. The topological polar surface area (TPSA) is 67.2 Å². The molecule has 2 aromatic rings. The highest BCUT2D eigenvalue weighted by molar-refractivity contribution is 6.33. The van der Waals surface area contributed by atoms with Crippen molar-refractivity contribution in [3.05, 3.63) is 46.7 Å². The Morgan fingerprint density at radius 2 is 1.92 bits per heavy atom. The van der Waals surface area contributed by atoms with Gasteiger partial charge in [0.1, 0.15) is 0 Å². The van der Waals surface area contributed by atoms with Crippen molar-refractivity contribution in [2.45, 2.75) is 19.8 Å². The Balaban J connectivity index is 1.58. The van der Waals surface area contributed by atoms with E-state index in [9.17, 15) is 9.59 Å². The average molecular weight is 361 g/mol. The van der Waals surface area contributed by atoms with Crippen LogP contribution in [0.25, 0.3) is 0 Å². The Labute approximate surface area is 151 Å². The van der Waals surface area contributed by atoms with Crippen molar-refractivity contribution in [2.75, 3.05) is 18.4 Å². The maximum absolute atomic E-state index is 12.6. The summed E-state index contributed by atoms with van der Waals surface area (Å²) in [4.78, 5) is 26.8. The highest BCUT2D eigenvalue weighted by atomic mass is 35.5. The van der Waals surface area contributed by atoms with Gasteiger partial charge in [-0.25, -0.2) is 0 Å². The molecule has 0 atom stereocenters. The normalized spacial score (nSPS) is 15.2. The summed E-state index contributed by atoms with van der Waals surface area (Å²) in [6.45, 7) is 3.01. The number of aromatic nitrogens is 2. The van der Waals surface area contributed by atoms with E-state index in [1.807, 2.05) is 14.0 Å². The summed E-state index contributed by atoms with van der Waals surface area (Å²) in [5.41, 5.74) is 2.17. The number of hydrogen-bond acceptors (Lipinski definition) is 3. The molecule has 0 unspecified atom stereocenters. The first kappa shape index (κ1) is 17.5. The van der Waals surface area contributed by atoms with E-state index in [-0.39, 0.29) is 17.7 Å². The molecule has 0 saturated carbocycles. The Morgan fingerprint density at radius 3 is 2.52 bits per heavy atom. The van der Waals surface area contributed by atoms with Crippen LogP contribution in [0.5, 0.6) is 0 Å². The minimum atomic E-state index is -0.102. The van der Waals surface area contributed by atoms with Gasteiger partial charge in [-0.15, -0.1) is 0 Å². The lowest BCUT2D eigenvalue weighted by molar-refractivity contribution is -0.121. The van der Waals surface area contributed by atoms with Crippen molar-refractivity contribution in [2.24, 2.45) is 13.0 Å². The maximum Gasteiger partial charge on any atom is 0.255 e. The lowest BCUT2D eigenvalue weighted by Crippen LogP contribution is -2.41. The average Bonchev–Trinajstić information content (AvgIpc) is 2.94. The molecule has 1 fully saturated rings. The van der Waals surface area contributed by atoms with Crippen LogP contribution < -0.4 is 5.32 Å². The van der Waals surface area contributed by atoms with Gasteiger partial charge in [0.25, 0.3) is 5.91 Å². The molecule has 1 aromatic carbocycles. The van der Waals surface area contributed by atoms with Crippen LogP contribution in [0.2, 0.25) is 5.02 Å². The van der Waals surface area contributed by atoms with Gasteiger partial charge in [-0.05, 0) is 31.9 Å². The summed E-state index contributed by atoms with van der Waals surface area (Å²) in [6.07, 6.45) is 2.94. The van der Waals surface area contributed by atoms with Crippen LogP contribution in [-0.4, -0.2) is 39.6 Å². The van der Waals surface area contributed by atoms with Gasteiger partial charge in [0.2, 0.25) is 5.91 Å². The number of amides is 2. The standard InChI is InChI=1S/C18H21ClN4O2/c1-12-16(11-20-22(12)2)21-17(24)13-7-9-23(10-8-13)18(25)14-5-3-4-6-15(14)19/h3-6,11,13H,7-10H2,1-2H3,(H,21,24). The summed E-state index contributed by atoms with van der Waals surface area (Å²) in [5, 5.41) is 7.52. The number of piperidine rings is 1. The molecule has 0 aliphatic carbocycles. The lowest BCUT2D eigenvalue weighted by Gasteiger charge is -2.31. The number of anilines is 1. The van der Waals surface area contributed by atoms with Crippen molar-refractivity contribution < 1.29 is 9.59 Å². The molecule has 7 heteroatoms. The SMILES string of the molecule is Cc1c(NC(=O)C2CCN(C(=O)c3ccccc3Cl)CC2)cnn1C. The van der Waals surface area contributed by atoms with E-state index in [0.717, 1.165) is 11.4 Å². The van der Waals surface area contributed by atoms with Gasteiger partial charge < -0.3 is 10.2 Å². The second-order valence-corrected chi connectivity index (χ2v) is 6.71. The van der Waals surface area contributed by atoms with E-state index in [2.05, 4.69) is 10.4 Å². The van der Waals surface area contributed by atoms with Crippen LogP contribution in [0, 0.1) is 12.8 Å². The molecule has 6 nitrogen and oxygen atoms in total. The minimum absolute atomic E-state index is 0.0130. The molecule has 0 bridgehead atoms. The van der Waals surface area contributed by atoms with E-state index in [0.29, 0.717) is 36.5 Å². The fraction of sp³-hybridized carbons (Fsp3) is 0.389. The number of carbonyl (C=O) groups is 2. The number of carbonyl (C=O) groups excluding carboxylic acids is 2. The van der Waals surface area contributed by atoms with Crippen LogP contribution in [0.15, 0.2) is 30.5 Å². The fourth-order valence-electron chi connectivity index (χ4n) is 3.01. The van der Waals surface area contributed by atoms with Gasteiger partial charge in [0.05, 0.1) is 28.2 Å². The van der Waals surface area contributed by atoms with Gasteiger partial charge in [0.15, 0.2) is 0 Å². The highest BCUT2D eigenvalue weighted by Crippen LogP contribution is 2.24. The van der Waals surface area contributed by atoms with Gasteiger partial charge in [-0.2, -0.15) is 5.10 Å². The zero-order valence-corrected chi connectivity index (χ0v) is 15.1. The van der Waals surface area contributed by atoms with Crippen molar-refractivity contribution >= 4 is 29.1 Å². The van der Waals surface area contributed by atoms with Gasteiger partial charge in [-0.1, -0.05) is 23.7 Å². The zero-order chi connectivity index (χ0) is 18.0. The van der Waals surface area contributed by atoms with Crippen molar-refractivity contribution in [1.29, 1.82) is 0 Å². The quantitative estimate of drug-likeness (QED) is 0.915. The number of nitrogens with one attached hydrogen (secondary N) is 1. The number of nitrogens with zero attached hydrogens (tertiary/aromatic N) is 3. The van der Waals surface area contributed by atoms with E-state index >= 15 is 0 Å². The molecule has 3 rings (SSSR count). The first-order valence-corrected chi connectivity index (χ1v) is 8.68. The number of hydrogen-bond donors (Lipinski definition) is 1. The monoisotopic (exact) mass is 360 g/mol. The zero-order valence-electron chi connectivity index (χ0n) is 14.3. The van der Waals surface area contributed by atoms with Crippen LogP contribution in [-0.2, 0) is 11.8 Å². The summed E-state index contributed by atoms with van der Waals surface area (Å²) >= 11 is 6.11. The van der Waals surface area contributed by atoms with E-state index < -0.39 is 0 Å². The molecule has 132 valence electrons. The molecule has 1 saturated heterocycles. The molecule has 25 heavy (non-hydrogen) atoms. The first-order chi connectivity index (χ1) is 12.0. The number of rotatable bonds is 3. The first-order valence-electron chi connectivity index (χ1n) is 8.30. The molecule has 1 N–H and O–H groups in total. The summed E-state index contributed by atoms with van der Waals surface area (Å²) < 4.78 is 1.72. The van der Waals surface area contributed by atoms with Crippen molar-refractivity contribution in [3.8, 4) is 0 Å². The molecule has 2 heterocycles. The van der Waals surface area contributed by atoms with Gasteiger partial charge in [0, 0.05) is 26.1 Å². The van der Waals surface area contributed by atoms with E-state index in [4.69, 9.17) is 11.6 Å². The van der Waals surface area contributed by atoms with Crippen LogP contribution in [0.1, 0.15) is 28.9 Å². The summed E-state index contributed by atoms with van der Waals surface area (Å²) in [5.74, 6) is -0.191. The predicted octanol–water partition coefficient (Wildman–Crippen LogP) is 2.87. The van der Waals surface area contributed by atoms with Gasteiger partial charge >= 0.3 is 0 Å². The van der Waals surface area contributed by atoms with Gasteiger partial charge in [-0.3, -0.25) is 14.3 Å². The number of benzene rings is 1. The third-order valence-corrected chi connectivity index (χ3v) is 5.08. The fourth-order valence-corrected chi connectivity index (χ4v) is 3.22. The lowest BCUT2D eigenvalue weighted by atomic mass is 9.95. The third kappa shape index (κ3) is 3.69. The summed E-state index contributed by atoms with van der Waals surface area (Å²) in [6, 6.07) is 7.05. The van der Waals surface area contributed by atoms with Crippen LogP contribution in [0.4, 0.5) is 5.69 Å². The Kier molecular flexibility index (Phi) is 5.08. The number of likely N-dealkylation sites (tertiary alicyclic amines) is 1. The molecule has 1 aliphatic rings. The molecule has 2 amide bonds. The molecule has 0 radical (unpaired) electrons. The largest absolute Gasteiger partial charge is 0.339 e. The molecule has 1 aromatic heterocycles. The molecular formula is C18H21ClN4O2.